The zero-order valence-corrected chi connectivity index (χ0v) is 11.5. The third-order valence-electron chi connectivity index (χ3n) is 2.53. The molecule has 94 valence electrons. The number of aryl methyl sites for hydroxylation is 1. The molecule has 1 atom stereocenters. The molecule has 1 unspecified atom stereocenters. The zero-order valence-electron chi connectivity index (χ0n) is 9.98. The summed E-state index contributed by atoms with van der Waals surface area (Å²) in [6.45, 7) is 3.90. The highest BCUT2D eigenvalue weighted by molar-refractivity contribution is 6.34. The SMILES string of the molecule is Cc1cc(Cl)nc(Cl)c1NC(C)c1cnccn1. The number of hydrogen-bond acceptors (Lipinski definition) is 4. The van der Waals surface area contributed by atoms with Crippen molar-refractivity contribution >= 4 is 28.9 Å². The number of rotatable bonds is 3. The Labute approximate surface area is 115 Å². The third-order valence-corrected chi connectivity index (χ3v) is 3.00. The molecule has 0 amide bonds. The van der Waals surface area contributed by atoms with E-state index in [0.717, 1.165) is 16.9 Å². The predicted molar refractivity (Wildman–Crippen MR) is 73.1 cm³/mol. The molecule has 0 radical (unpaired) electrons. The summed E-state index contributed by atoms with van der Waals surface area (Å²) in [5, 5.41) is 4.01. The lowest BCUT2D eigenvalue weighted by Gasteiger charge is -2.17. The van der Waals surface area contributed by atoms with Gasteiger partial charge in [-0.2, -0.15) is 0 Å². The zero-order chi connectivity index (χ0) is 13.1. The maximum atomic E-state index is 6.07. The van der Waals surface area contributed by atoms with Gasteiger partial charge in [0.2, 0.25) is 0 Å². The second kappa shape index (κ2) is 5.50. The van der Waals surface area contributed by atoms with Crippen LogP contribution in [0.15, 0.2) is 24.7 Å². The lowest BCUT2D eigenvalue weighted by atomic mass is 10.2. The number of pyridine rings is 1. The van der Waals surface area contributed by atoms with E-state index in [1.54, 1.807) is 24.7 Å². The highest BCUT2D eigenvalue weighted by Gasteiger charge is 2.12. The van der Waals surface area contributed by atoms with E-state index < -0.39 is 0 Å². The fraction of sp³-hybridized carbons (Fsp3) is 0.250. The summed E-state index contributed by atoms with van der Waals surface area (Å²) in [7, 11) is 0. The van der Waals surface area contributed by atoms with Crippen molar-refractivity contribution in [2.24, 2.45) is 0 Å². The quantitative estimate of drug-likeness (QED) is 0.873. The number of hydrogen-bond donors (Lipinski definition) is 1. The molecule has 0 spiro atoms. The number of nitrogens with one attached hydrogen (secondary N) is 1. The molecule has 0 saturated heterocycles. The summed E-state index contributed by atoms with van der Waals surface area (Å²) < 4.78 is 0. The van der Waals surface area contributed by atoms with Crippen molar-refractivity contribution in [3.63, 3.8) is 0 Å². The van der Waals surface area contributed by atoms with E-state index in [4.69, 9.17) is 23.2 Å². The molecular formula is C12H12Cl2N4. The van der Waals surface area contributed by atoms with Crippen molar-refractivity contribution in [2.45, 2.75) is 19.9 Å². The normalized spacial score (nSPS) is 12.2. The van der Waals surface area contributed by atoms with Gasteiger partial charge >= 0.3 is 0 Å². The maximum Gasteiger partial charge on any atom is 0.154 e. The van der Waals surface area contributed by atoms with Crippen molar-refractivity contribution in [1.29, 1.82) is 0 Å². The molecule has 2 heterocycles. The number of nitrogens with zero attached hydrogens (tertiary/aromatic N) is 3. The smallest absolute Gasteiger partial charge is 0.154 e. The van der Waals surface area contributed by atoms with Crippen LogP contribution in [-0.4, -0.2) is 15.0 Å². The Balaban J connectivity index is 2.25. The first-order chi connectivity index (χ1) is 8.58. The molecule has 4 nitrogen and oxygen atoms in total. The monoisotopic (exact) mass is 282 g/mol. The molecule has 0 saturated carbocycles. The Morgan fingerprint density at radius 2 is 2.06 bits per heavy atom. The average Bonchev–Trinajstić information content (AvgIpc) is 2.34. The molecule has 1 N–H and O–H groups in total. The van der Waals surface area contributed by atoms with Gasteiger partial charge in [0.15, 0.2) is 5.15 Å². The van der Waals surface area contributed by atoms with Crippen molar-refractivity contribution in [3.8, 4) is 0 Å². The third kappa shape index (κ3) is 2.89. The summed E-state index contributed by atoms with van der Waals surface area (Å²) in [6.07, 6.45) is 5.00. The van der Waals surface area contributed by atoms with E-state index in [1.807, 2.05) is 13.8 Å². The second-order valence-corrected chi connectivity index (χ2v) is 4.67. The van der Waals surface area contributed by atoms with E-state index in [9.17, 15) is 0 Å². The van der Waals surface area contributed by atoms with Crippen molar-refractivity contribution in [1.82, 2.24) is 15.0 Å². The molecule has 2 aromatic rings. The molecule has 0 aliphatic carbocycles. The molecule has 18 heavy (non-hydrogen) atoms. The molecule has 0 aliphatic rings. The molecule has 2 rings (SSSR count). The largest absolute Gasteiger partial charge is 0.374 e. The van der Waals surface area contributed by atoms with Crippen LogP contribution in [-0.2, 0) is 0 Å². The van der Waals surface area contributed by atoms with Crippen molar-refractivity contribution in [2.75, 3.05) is 5.32 Å². The minimum Gasteiger partial charge on any atom is -0.374 e. The Morgan fingerprint density at radius 3 is 2.67 bits per heavy atom. The maximum absolute atomic E-state index is 6.07. The Hall–Kier alpha value is -1.39. The van der Waals surface area contributed by atoms with Gasteiger partial charge in [0, 0.05) is 12.4 Å². The van der Waals surface area contributed by atoms with Crippen LogP contribution in [0.5, 0.6) is 0 Å². The average molecular weight is 283 g/mol. The number of anilines is 1. The van der Waals surface area contributed by atoms with Gasteiger partial charge in [-0.15, -0.1) is 0 Å². The van der Waals surface area contributed by atoms with E-state index in [1.165, 1.54) is 0 Å². The highest BCUT2D eigenvalue weighted by atomic mass is 35.5. The molecule has 6 heteroatoms. The van der Waals surface area contributed by atoms with Gasteiger partial charge in [0.25, 0.3) is 0 Å². The van der Waals surface area contributed by atoms with Gasteiger partial charge in [-0.25, -0.2) is 4.98 Å². The molecule has 0 aromatic carbocycles. The van der Waals surface area contributed by atoms with Crippen LogP contribution in [0.2, 0.25) is 10.3 Å². The fourth-order valence-corrected chi connectivity index (χ4v) is 2.18. The van der Waals surface area contributed by atoms with E-state index >= 15 is 0 Å². The highest BCUT2D eigenvalue weighted by Crippen LogP contribution is 2.29. The standard InChI is InChI=1S/C12H12Cl2N4/c1-7-5-10(13)18-12(14)11(7)17-8(2)9-6-15-3-4-16-9/h3-6,8,17H,1-2H3. The summed E-state index contributed by atoms with van der Waals surface area (Å²) in [6, 6.07) is 1.75. The van der Waals surface area contributed by atoms with Crippen LogP contribution < -0.4 is 5.32 Å². The summed E-state index contributed by atoms with van der Waals surface area (Å²) in [4.78, 5) is 12.3. The molecule has 0 aliphatic heterocycles. The van der Waals surface area contributed by atoms with E-state index in [2.05, 4.69) is 20.3 Å². The van der Waals surface area contributed by atoms with Gasteiger partial charge in [0.1, 0.15) is 5.15 Å². The first kappa shape index (κ1) is 13.1. The predicted octanol–water partition coefficient (Wildman–Crippen LogP) is 3.66. The molecule has 0 fully saturated rings. The summed E-state index contributed by atoms with van der Waals surface area (Å²) in [5.41, 5.74) is 2.54. The van der Waals surface area contributed by atoms with Crippen LogP contribution in [0.3, 0.4) is 0 Å². The van der Waals surface area contributed by atoms with Crippen LogP contribution in [0.25, 0.3) is 0 Å². The first-order valence-corrected chi connectivity index (χ1v) is 6.18. The Kier molecular flexibility index (Phi) is 3.99. The molecule has 0 bridgehead atoms. The van der Waals surface area contributed by atoms with Gasteiger partial charge < -0.3 is 5.32 Å². The van der Waals surface area contributed by atoms with Crippen molar-refractivity contribution < 1.29 is 0 Å². The first-order valence-electron chi connectivity index (χ1n) is 5.43. The van der Waals surface area contributed by atoms with Crippen LogP contribution in [0.4, 0.5) is 5.69 Å². The minimum atomic E-state index is -0.0159. The fourth-order valence-electron chi connectivity index (χ4n) is 1.59. The Morgan fingerprint density at radius 1 is 1.28 bits per heavy atom. The number of aromatic nitrogens is 3. The van der Waals surface area contributed by atoms with Crippen molar-refractivity contribution in [3.05, 3.63) is 46.2 Å². The molecule has 2 aromatic heterocycles. The van der Waals surface area contributed by atoms with Gasteiger partial charge in [-0.05, 0) is 25.5 Å². The van der Waals surface area contributed by atoms with E-state index in [-0.39, 0.29) is 6.04 Å². The minimum absolute atomic E-state index is 0.0159. The number of halogens is 2. The van der Waals surface area contributed by atoms with Gasteiger partial charge in [-0.3, -0.25) is 9.97 Å². The van der Waals surface area contributed by atoms with Crippen LogP contribution >= 0.6 is 23.2 Å². The molecular weight excluding hydrogens is 271 g/mol. The van der Waals surface area contributed by atoms with E-state index in [0.29, 0.717) is 10.3 Å². The summed E-state index contributed by atoms with van der Waals surface area (Å²) >= 11 is 11.9. The van der Waals surface area contributed by atoms with Crippen LogP contribution in [0.1, 0.15) is 24.2 Å². The topological polar surface area (TPSA) is 50.7 Å². The summed E-state index contributed by atoms with van der Waals surface area (Å²) in [5.74, 6) is 0. The lowest BCUT2D eigenvalue weighted by Crippen LogP contribution is -2.10. The van der Waals surface area contributed by atoms with Gasteiger partial charge in [-0.1, -0.05) is 23.2 Å². The van der Waals surface area contributed by atoms with Gasteiger partial charge in [0.05, 0.1) is 23.6 Å². The Bertz CT molecular complexity index is 522. The lowest BCUT2D eigenvalue weighted by molar-refractivity contribution is 0.825. The van der Waals surface area contributed by atoms with Crippen LogP contribution in [0, 0.1) is 6.92 Å². The second-order valence-electron chi connectivity index (χ2n) is 3.92.